The molecule has 18 heavy (non-hydrogen) atoms. The van der Waals surface area contributed by atoms with E-state index in [1.54, 1.807) is 6.92 Å². The molecule has 0 amide bonds. The molecule has 2 atom stereocenters. The van der Waals surface area contributed by atoms with Crippen molar-refractivity contribution in [3.8, 4) is 0 Å². The maximum Gasteiger partial charge on any atom is 0.393 e. The molecule has 1 saturated heterocycles. The number of likely N-dealkylation sites (tertiary alicyclic amines) is 1. The Morgan fingerprint density at radius 3 is 2.44 bits per heavy atom. The van der Waals surface area contributed by atoms with Gasteiger partial charge >= 0.3 is 12.1 Å². The maximum absolute atomic E-state index is 12.6. The molecule has 1 rings (SSSR count). The number of nitrogens with zero attached hydrogens (tertiary/aromatic N) is 1. The van der Waals surface area contributed by atoms with Gasteiger partial charge in [0, 0.05) is 26.2 Å². The predicted octanol–water partition coefficient (Wildman–Crippen LogP) is 1.64. The summed E-state index contributed by atoms with van der Waals surface area (Å²) in [6.07, 6.45) is -4.45. The average molecular weight is 292 g/mol. The van der Waals surface area contributed by atoms with Gasteiger partial charge in [-0.1, -0.05) is 0 Å². The average Bonchev–Trinajstić information content (AvgIpc) is 2.62. The lowest BCUT2D eigenvalue weighted by atomic mass is 9.96. The molecule has 0 aromatic carbocycles. The number of carboxylic acid groups (broad SMARTS) is 1. The molecule has 0 radical (unpaired) electrons. The normalized spacial score (nSPS) is 24.9. The lowest BCUT2D eigenvalue weighted by molar-refractivity contribution is -0.188. The fourth-order valence-electron chi connectivity index (χ4n) is 1.99. The first-order valence-corrected chi connectivity index (χ1v) is 5.45. The van der Waals surface area contributed by atoms with Crippen LogP contribution in [0.1, 0.15) is 6.92 Å². The van der Waals surface area contributed by atoms with Crippen LogP contribution in [-0.2, 0) is 9.53 Å². The van der Waals surface area contributed by atoms with Gasteiger partial charge < -0.3 is 9.84 Å². The van der Waals surface area contributed by atoms with Crippen molar-refractivity contribution in [3.63, 3.8) is 0 Å². The van der Waals surface area contributed by atoms with E-state index < -0.39 is 24.0 Å². The SMILES string of the molecule is CCOCCN1C[C@@H](C(F)(F)F)[C@H](C(=O)O)C1.Cl. The zero-order valence-corrected chi connectivity index (χ0v) is 10.8. The van der Waals surface area contributed by atoms with E-state index in [4.69, 9.17) is 9.84 Å². The van der Waals surface area contributed by atoms with Crippen LogP contribution in [0, 0.1) is 11.8 Å². The van der Waals surface area contributed by atoms with Crippen LogP contribution in [0.15, 0.2) is 0 Å². The third-order valence-corrected chi connectivity index (χ3v) is 2.89. The van der Waals surface area contributed by atoms with Gasteiger partial charge in [-0.15, -0.1) is 12.4 Å². The topological polar surface area (TPSA) is 49.8 Å². The Morgan fingerprint density at radius 1 is 1.44 bits per heavy atom. The molecule has 0 aliphatic carbocycles. The molecular weight excluding hydrogens is 275 g/mol. The number of aliphatic carboxylic acids is 1. The summed E-state index contributed by atoms with van der Waals surface area (Å²) < 4.78 is 42.9. The van der Waals surface area contributed by atoms with E-state index in [1.165, 1.54) is 4.90 Å². The summed E-state index contributed by atoms with van der Waals surface area (Å²) in [4.78, 5) is 12.3. The zero-order valence-electron chi connectivity index (χ0n) is 9.94. The summed E-state index contributed by atoms with van der Waals surface area (Å²) in [7, 11) is 0. The van der Waals surface area contributed by atoms with Crippen molar-refractivity contribution in [3.05, 3.63) is 0 Å². The van der Waals surface area contributed by atoms with Crippen LogP contribution in [0.2, 0.25) is 0 Å². The monoisotopic (exact) mass is 291 g/mol. The summed E-state index contributed by atoms with van der Waals surface area (Å²) in [5.74, 6) is -4.52. The molecule has 8 heteroatoms. The van der Waals surface area contributed by atoms with Crippen LogP contribution >= 0.6 is 12.4 Å². The van der Waals surface area contributed by atoms with Gasteiger partial charge in [0.25, 0.3) is 0 Å². The largest absolute Gasteiger partial charge is 0.481 e. The number of hydrogen-bond acceptors (Lipinski definition) is 3. The second kappa shape index (κ2) is 7.16. The molecule has 0 bridgehead atoms. The van der Waals surface area contributed by atoms with Crippen LogP contribution in [-0.4, -0.2) is 55.0 Å². The molecule has 0 aromatic heterocycles. The minimum atomic E-state index is -4.45. The van der Waals surface area contributed by atoms with Crippen molar-refractivity contribution in [2.75, 3.05) is 32.8 Å². The van der Waals surface area contributed by atoms with Crippen molar-refractivity contribution in [1.29, 1.82) is 0 Å². The third kappa shape index (κ3) is 4.62. The first-order chi connectivity index (χ1) is 7.86. The second-order valence-electron chi connectivity index (χ2n) is 4.05. The molecule has 0 saturated carbocycles. The van der Waals surface area contributed by atoms with E-state index in [-0.39, 0.29) is 25.5 Å². The Kier molecular flexibility index (Phi) is 6.94. The summed E-state index contributed by atoms with van der Waals surface area (Å²) >= 11 is 0. The van der Waals surface area contributed by atoms with E-state index in [0.29, 0.717) is 19.8 Å². The van der Waals surface area contributed by atoms with Crippen molar-refractivity contribution < 1.29 is 27.8 Å². The van der Waals surface area contributed by atoms with Crippen molar-refractivity contribution in [1.82, 2.24) is 4.90 Å². The van der Waals surface area contributed by atoms with Crippen molar-refractivity contribution in [2.24, 2.45) is 11.8 Å². The molecule has 1 N–H and O–H groups in total. The Hall–Kier alpha value is -0.530. The molecule has 108 valence electrons. The molecular formula is C10H17ClF3NO3. The van der Waals surface area contributed by atoms with Gasteiger partial charge in [0.15, 0.2) is 0 Å². The lowest BCUT2D eigenvalue weighted by Crippen LogP contribution is -2.33. The van der Waals surface area contributed by atoms with E-state index >= 15 is 0 Å². The van der Waals surface area contributed by atoms with Gasteiger partial charge in [-0.3, -0.25) is 9.69 Å². The molecule has 0 unspecified atom stereocenters. The zero-order chi connectivity index (χ0) is 13.1. The minimum absolute atomic E-state index is 0. The first kappa shape index (κ1) is 17.5. The van der Waals surface area contributed by atoms with E-state index in [0.717, 1.165) is 0 Å². The van der Waals surface area contributed by atoms with Crippen molar-refractivity contribution in [2.45, 2.75) is 13.1 Å². The molecule has 4 nitrogen and oxygen atoms in total. The third-order valence-electron chi connectivity index (χ3n) is 2.89. The highest BCUT2D eigenvalue weighted by Crippen LogP contribution is 2.37. The standard InChI is InChI=1S/C10H16F3NO3.ClH/c1-2-17-4-3-14-5-7(9(15)16)8(6-14)10(11,12)13;/h7-8H,2-6H2,1H3,(H,15,16);1H/t7-,8-;/m1./s1. The van der Waals surface area contributed by atoms with Crippen LogP contribution < -0.4 is 0 Å². The summed E-state index contributed by atoms with van der Waals surface area (Å²) in [5, 5.41) is 8.78. The molecule has 1 fully saturated rings. The quantitative estimate of drug-likeness (QED) is 0.783. The fourth-order valence-corrected chi connectivity index (χ4v) is 1.99. The number of halogens is 4. The second-order valence-corrected chi connectivity index (χ2v) is 4.05. The highest BCUT2D eigenvalue weighted by molar-refractivity contribution is 5.85. The molecule has 1 aliphatic heterocycles. The molecule has 1 aliphatic rings. The van der Waals surface area contributed by atoms with Crippen LogP contribution in [0.4, 0.5) is 13.2 Å². The van der Waals surface area contributed by atoms with Gasteiger partial charge in [0.05, 0.1) is 18.4 Å². The summed E-state index contributed by atoms with van der Waals surface area (Å²) in [6.45, 7) is 2.64. The molecule has 1 heterocycles. The van der Waals surface area contributed by atoms with E-state index in [9.17, 15) is 18.0 Å². The van der Waals surface area contributed by atoms with Gasteiger partial charge in [0.2, 0.25) is 0 Å². The Labute approximate surface area is 109 Å². The maximum atomic E-state index is 12.6. The first-order valence-electron chi connectivity index (χ1n) is 5.45. The van der Waals surface area contributed by atoms with Gasteiger partial charge in [-0.25, -0.2) is 0 Å². The fraction of sp³-hybridized carbons (Fsp3) is 0.900. The number of rotatable bonds is 5. The number of ether oxygens (including phenoxy) is 1. The van der Waals surface area contributed by atoms with Crippen LogP contribution in [0.5, 0.6) is 0 Å². The Balaban J connectivity index is 0.00000289. The summed E-state index contributed by atoms with van der Waals surface area (Å²) in [6, 6.07) is 0. The Bertz CT molecular complexity index is 276. The number of hydrogen-bond donors (Lipinski definition) is 1. The highest BCUT2D eigenvalue weighted by atomic mass is 35.5. The predicted molar refractivity (Wildman–Crippen MR) is 60.9 cm³/mol. The highest BCUT2D eigenvalue weighted by Gasteiger charge is 2.52. The number of alkyl halides is 3. The minimum Gasteiger partial charge on any atom is -0.481 e. The van der Waals surface area contributed by atoms with Crippen molar-refractivity contribution >= 4 is 18.4 Å². The van der Waals surface area contributed by atoms with Gasteiger partial charge in [0.1, 0.15) is 0 Å². The lowest BCUT2D eigenvalue weighted by Gasteiger charge is -2.18. The van der Waals surface area contributed by atoms with E-state index in [1.807, 2.05) is 0 Å². The van der Waals surface area contributed by atoms with Gasteiger partial charge in [-0.2, -0.15) is 13.2 Å². The summed E-state index contributed by atoms with van der Waals surface area (Å²) in [5.41, 5.74) is 0. The van der Waals surface area contributed by atoms with Gasteiger partial charge in [-0.05, 0) is 6.92 Å². The van der Waals surface area contributed by atoms with Crippen LogP contribution in [0.25, 0.3) is 0 Å². The number of carbonyl (C=O) groups is 1. The molecule has 0 aromatic rings. The van der Waals surface area contributed by atoms with E-state index in [2.05, 4.69) is 0 Å². The smallest absolute Gasteiger partial charge is 0.393 e. The molecule has 0 spiro atoms. The Morgan fingerprint density at radius 2 is 2.06 bits per heavy atom. The number of carboxylic acids is 1. The van der Waals surface area contributed by atoms with Crippen LogP contribution in [0.3, 0.4) is 0 Å².